The molecule has 1 aromatic heterocycles. The predicted octanol–water partition coefficient (Wildman–Crippen LogP) is 2.55. The van der Waals surface area contributed by atoms with E-state index in [0.29, 0.717) is 49.3 Å². The zero-order valence-corrected chi connectivity index (χ0v) is 20.4. The number of aliphatic hydroxyl groups excluding tert-OH is 1. The van der Waals surface area contributed by atoms with Gasteiger partial charge in [-0.1, -0.05) is 25.4 Å². The van der Waals surface area contributed by atoms with Crippen molar-refractivity contribution in [3.05, 3.63) is 28.9 Å². The molecule has 0 aliphatic carbocycles. The molecule has 0 saturated carbocycles. The second-order valence-corrected chi connectivity index (χ2v) is 13.0. The molecule has 176 valence electrons. The van der Waals surface area contributed by atoms with E-state index in [1.165, 1.54) is 0 Å². The van der Waals surface area contributed by atoms with Gasteiger partial charge in [0.25, 0.3) is 0 Å². The highest BCUT2D eigenvalue weighted by Gasteiger charge is 2.40. The van der Waals surface area contributed by atoms with Crippen LogP contribution in [0.3, 0.4) is 0 Å². The van der Waals surface area contributed by atoms with Crippen molar-refractivity contribution in [1.29, 1.82) is 0 Å². The van der Waals surface area contributed by atoms with Gasteiger partial charge in [-0.25, -0.2) is 0 Å². The number of aromatic nitrogens is 2. The first kappa shape index (κ1) is 23.5. The number of halogens is 1. The van der Waals surface area contributed by atoms with Crippen molar-refractivity contribution in [2.45, 2.75) is 32.8 Å². The summed E-state index contributed by atoms with van der Waals surface area (Å²) in [5.74, 6) is 5.33. The van der Waals surface area contributed by atoms with E-state index < -0.39 is 15.6 Å². The van der Waals surface area contributed by atoms with Crippen LogP contribution in [0.1, 0.15) is 38.4 Å². The molecule has 2 aliphatic rings. The highest BCUT2D eigenvalue weighted by Crippen LogP contribution is 2.46. The Morgan fingerprint density at radius 1 is 1.31 bits per heavy atom. The number of likely N-dealkylation sites (tertiary alicyclic amines) is 1. The lowest BCUT2D eigenvalue weighted by Crippen LogP contribution is -2.49. The van der Waals surface area contributed by atoms with Gasteiger partial charge in [-0.2, -0.15) is 5.10 Å². The molecule has 0 bridgehead atoms. The van der Waals surface area contributed by atoms with Gasteiger partial charge in [0.1, 0.15) is 0 Å². The molecule has 1 atom stereocenters. The molecule has 2 fully saturated rings. The quantitative estimate of drug-likeness (QED) is 0.642. The Morgan fingerprint density at radius 2 is 1.97 bits per heavy atom. The molecule has 7 nitrogen and oxygen atoms in total. The van der Waals surface area contributed by atoms with Gasteiger partial charge in [-0.3, -0.25) is 19.0 Å². The molecular formula is C23H33ClN4O3S. The summed E-state index contributed by atoms with van der Waals surface area (Å²) < 4.78 is 12.0. The van der Waals surface area contributed by atoms with Crippen molar-refractivity contribution in [2.24, 2.45) is 11.3 Å². The fraction of sp³-hybridized carbons (Fsp3) is 0.609. The van der Waals surface area contributed by atoms with E-state index in [9.17, 15) is 14.1 Å². The first-order valence-corrected chi connectivity index (χ1v) is 13.6. The lowest BCUT2D eigenvalue weighted by molar-refractivity contribution is -0.135. The van der Waals surface area contributed by atoms with Gasteiger partial charge < -0.3 is 10.0 Å². The molecule has 2 aliphatic heterocycles. The number of nitrogens with one attached hydrogen (secondary N) is 1. The Balaban J connectivity index is 1.37. The van der Waals surface area contributed by atoms with Crippen LogP contribution in [0.5, 0.6) is 0 Å². The summed E-state index contributed by atoms with van der Waals surface area (Å²) in [4.78, 5) is 16.8. The highest BCUT2D eigenvalue weighted by atomic mass is 35.5. The minimum Gasteiger partial charge on any atom is -0.388 e. The Morgan fingerprint density at radius 3 is 2.62 bits per heavy atom. The first-order valence-electron chi connectivity index (χ1n) is 11.2. The minimum atomic E-state index is -1.95. The molecule has 2 aromatic rings. The van der Waals surface area contributed by atoms with Crippen LogP contribution in [0.2, 0.25) is 5.02 Å². The SMILES string of the molecule is C=S1(=O)CCN(CC(=O)N2CCC(C(C)(C)C(O)c3cc(Cl)cc4cn[nH]c34)CC2)CC1. The Labute approximate surface area is 195 Å². The third-order valence-corrected chi connectivity index (χ3v) is 9.43. The van der Waals surface area contributed by atoms with Gasteiger partial charge in [0.15, 0.2) is 0 Å². The van der Waals surface area contributed by atoms with Crippen molar-refractivity contribution in [3.63, 3.8) is 0 Å². The topological polar surface area (TPSA) is 89.5 Å². The maximum absolute atomic E-state index is 12.8. The monoisotopic (exact) mass is 480 g/mol. The largest absolute Gasteiger partial charge is 0.388 e. The van der Waals surface area contributed by atoms with Crippen LogP contribution >= 0.6 is 11.6 Å². The fourth-order valence-electron chi connectivity index (χ4n) is 5.01. The van der Waals surface area contributed by atoms with Crippen LogP contribution in [-0.2, 0) is 14.3 Å². The summed E-state index contributed by atoms with van der Waals surface area (Å²) in [6.07, 6.45) is 2.69. The number of rotatable bonds is 5. The highest BCUT2D eigenvalue weighted by molar-refractivity contribution is 8.00. The van der Waals surface area contributed by atoms with Crippen LogP contribution < -0.4 is 0 Å². The van der Waals surface area contributed by atoms with Crippen LogP contribution in [0.25, 0.3) is 10.9 Å². The van der Waals surface area contributed by atoms with Crippen LogP contribution in [0.15, 0.2) is 18.3 Å². The fourth-order valence-corrected chi connectivity index (χ4v) is 6.63. The maximum Gasteiger partial charge on any atom is 0.236 e. The molecule has 32 heavy (non-hydrogen) atoms. The second-order valence-electron chi connectivity index (χ2n) is 9.86. The van der Waals surface area contributed by atoms with Crippen LogP contribution in [0, 0.1) is 11.3 Å². The van der Waals surface area contributed by atoms with E-state index in [1.54, 1.807) is 6.20 Å². The van der Waals surface area contributed by atoms with E-state index in [4.69, 9.17) is 11.6 Å². The number of aliphatic hydroxyl groups is 1. The normalized spacial score (nSPS) is 21.7. The summed E-state index contributed by atoms with van der Waals surface area (Å²) in [5, 5.41) is 19.9. The second kappa shape index (κ2) is 8.97. The number of carbonyl (C=O) groups is 1. The molecule has 9 heteroatoms. The average Bonchev–Trinajstić information content (AvgIpc) is 3.22. The average molecular weight is 481 g/mol. The van der Waals surface area contributed by atoms with Crippen LogP contribution in [0.4, 0.5) is 0 Å². The summed E-state index contributed by atoms with van der Waals surface area (Å²) in [6, 6.07) is 3.65. The zero-order valence-electron chi connectivity index (χ0n) is 18.8. The van der Waals surface area contributed by atoms with Crippen molar-refractivity contribution in [3.8, 4) is 0 Å². The molecule has 2 saturated heterocycles. The standard InChI is InChI=1S/C23H33ClN4O3S/c1-23(2,22(30)19-13-18(24)12-16-14-25-26-21(16)19)17-4-6-28(7-5-17)20(29)15-27-8-10-32(3,31)11-9-27/h12-14,17,22,30H,3-11,15H2,1-2H3,(H,25,26). The molecule has 4 rings (SSSR count). The number of amides is 1. The zero-order chi connectivity index (χ0) is 23.1. The molecule has 2 N–H and O–H groups in total. The van der Waals surface area contributed by atoms with Crippen LogP contribution in [-0.4, -0.2) is 85.3 Å². The number of nitrogens with zero attached hydrogens (tertiary/aromatic N) is 3. The van der Waals surface area contributed by atoms with Gasteiger partial charge in [0.05, 0.1) is 24.4 Å². The van der Waals surface area contributed by atoms with Crippen molar-refractivity contribution in [2.75, 3.05) is 44.2 Å². The molecule has 1 unspecified atom stereocenters. The summed E-state index contributed by atoms with van der Waals surface area (Å²) in [6.45, 7) is 7.28. The van der Waals surface area contributed by atoms with Gasteiger partial charge in [-0.05, 0) is 51.7 Å². The van der Waals surface area contributed by atoms with E-state index in [1.807, 2.05) is 17.0 Å². The smallest absolute Gasteiger partial charge is 0.236 e. The minimum absolute atomic E-state index is 0.133. The van der Waals surface area contributed by atoms with Gasteiger partial charge in [0, 0.05) is 53.7 Å². The van der Waals surface area contributed by atoms with Crippen molar-refractivity contribution in [1.82, 2.24) is 20.0 Å². The molecular weight excluding hydrogens is 448 g/mol. The lowest BCUT2D eigenvalue weighted by Gasteiger charge is -2.43. The number of fused-ring (bicyclic) bond motifs is 1. The van der Waals surface area contributed by atoms with E-state index in [-0.39, 0.29) is 17.2 Å². The Kier molecular flexibility index (Phi) is 6.60. The number of benzene rings is 1. The summed E-state index contributed by atoms with van der Waals surface area (Å²) in [5.41, 5.74) is 1.19. The van der Waals surface area contributed by atoms with E-state index >= 15 is 0 Å². The Hall–Kier alpha value is -1.61. The van der Waals surface area contributed by atoms with Gasteiger partial charge in [-0.15, -0.1) is 0 Å². The third-order valence-electron chi connectivity index (χ3n) is 7.36. The van der Waals surface area contributed by atoms with Gasteiger partial charge >= 0.3 is 0 Å². The van der Waals surface area contributed by atoms with Crippen molar-refractivity contribution < 1.29 is 14.1 Å². The van der Waals surface area contributed by atoms with E-state index in [0.717, 1.165) is 29.3 Å². The lowest BCUT2D eigenvalue weighted by atomic mass is 9.68. The number of piperidine rings is 1. The number of hydrogen-bond donors (Lipinski definition) is 2. The van der Waals surface area contributed by atoms with Gasteiger partial charge in [0.2, 0.25) is 5.91 Å². The third kappa shape index (κ3) is 4.83. The summed E-state index contributed by atoms with van der Waals surface area (Å²) in [7, 11) is -1.95. The molecule has 0 radical (unpaired) electrons. The molecule has 3 heterocycles. The predicted molar refractivity (Wildman–Crippen MR) is 131 cm³/mol. The molecule has 0 spiro atoms. The number of H-pyrrole nitrogens is 1. The number of hydrogen-bond acceptors (Lipinski definition) is 5. The van der Waals surface area contributed by atoms with Crippen molar-refractivity contribution >= 4 is 43.8 Å². The maximum atomic E-state index is 12.8. The number of aromatic amines is 1. The molecule has 1 amide bonds. The Bertz CT molecular complexity index is 1080. The number of carbonyl (C=O) groups excluding carboxylic acids is 1. The first-order chi connectivity index (χ1) is 15.1. The summed E-state index contributed by atoms with van der Waals surface area (Å²) >= 11 is 6.29. The molecule has 1 aromatic carbocycles. The van der Waals surface area contributed by atoms with E-state index in [2.05, 4.69) is 34.8 Å².